The molecule has 0 spiro atoms. The summed E-state index contributed by atoms with van der Waals surface area (Å²) in [5, 5.41) is 26.0. The monoisotopic (exact) mass is 344 g/mol. The second-order valence-electron chi connectivity index (χ2n) is 5.74. The fourth-order valence-corrected chi connectivity index (χ4v) is 2.71. The van der Waals surface area contributed by atoms with Crippen LogP contribution in [0.1, 0.15) is 21.5 Å². The molecular formula is C15H17BN4O5. The average molecular weight is 344 g/mol. The number of para-hydroxylation sites is 1. The topological polar surface area (TPSA) is 140 Å². The van der Waals surface area contributed by atoms with Gasteiger partial charge in [-0.25, -0.2) is 4.79 Å². The molecule has 0 saturated carbocycles. The summed E-state index contributed by atoms with van der Waals surface area (Å²) in [6, 6.07) is 4.70. The van der Waals surface area contributed by atoms with Crippen molar-refractivity contribution in [3.05, 3.63) is 47.3 Å². The van der Waals surface area contributed by atoms with Crippen molar-refractivity contribution >= 4 is 19.0 Å². The molecule has 0 bridgehead atoms. The van der Waals surface area contributed by atoms with Crippen molar-refractivity contribution in [2.24, 2.45) is 5.73 Å². The number of fused-ring (bicyclic) bond motifs is 1. The number of carbonyl (C=O) groups excluding carboxylic acids is 1. The second kappa shape index (κ2) is 6.95. The highest BCUT2D eigenvalue weighted by Crippen LogP contribution is 2.30. The van der Waals surface area contributed by atoms with Crippen LogP contribution in [0.25, 0.3) is 0 Å². The highest BCUT2D eigenvalue weighted by Gasteiger charge is 2.37. The van der Waals surface area contributed by atoms with Crippen molar-refractivity contribution in [1.82, 2.24) is 15.1 Å². The minimum absolute atomic E-state index is 0.0211. The molecule has 0 saturated heterocycles. The molecule has 0 fully saturated rings. The highest BCUT2D eigenvalue weighted by atomic mass is 16.5. The van der Waals surface area contributed by atoms with Gasteiger partial charge in [0.25, 0.3) is 0 Å². The van der Waals surface area contributed by atoms with Gasteiger partial charge in [0, 0.05) is 18.3 Å². The molecule has 1 atom stereocenters. The molecule has 0 radical (unpaired) electrons. The van der Waals surface area contributed by atoms with Crippen molar-refractivity contribution < 1.29 is 24.4 Å². The Morgan fingerprint density at radius 1 is 1.48 bits per heavy atom. The number of nitrogens with zero attached hydrogens (tertiary/aromatic N) is 2. The van der Waals surface area contributed by atoms with Crippen LogP contribution in [0, 0.1) is 0 Å². The molecule has 5 N–H and O–H groups in total. The van der Waals surface area contributed by atoms with Gasteiger partial charge in [-0.15, -0.1) is 0 Å². The molecular weight excluding hydrogens is 327 g/mol. The molecule has 9 nitrogen and oxygen atoms in total. The number of aromatic carboxylic acids is 1. The lowest BCUT2D eigenvalue weighted by Crippen LogP contribution is -2.53. The van der Waals surface area contributed by atoms with Gasteiger partial charge >= 0.3 is 13.1 Å². The number of amides is 1. The predicted octanol–water partition coefficient (Wildman–Crippen LogP) is -0.820. The van der Waals surface area contributed by atoms with Gasteiger partial charge in [0.2, 0.25) is 5.91 Å². The molecule has 0 aliphatic carbocycles. The van der Waals surface area contributed by atoms with Crippen molar-refractivity contribution in [3.63, 3.8) is 0 Å². The number of benzene rings is 1. The summed E-state index contributed by atoms with van der Waals surface area (Å²) in [6.07, 6.45) is 3.51. The Bertz CT molecular complexity index is 809. The number of hydrogen-bond acceptors (Lipinski definition) is 6. The highest BCUT2D eigenvalue weighted by molar-refractivity contribution is 6.47. The van der Waals surface area contributed by atoms with Gasteiger partial charge in [0.1, 0.15) is 12.3 Å². The molecule has 1 aliphatic rings. The summed E-state index contributed by atoms with van der Waals surface area (Å²) < 4.78 is 6.78. The third kappa shape index (κ3) is 3.64. The molecule has 130 valence electrons. The number of rotatable bonds is 5. The van der Waals surface area contributed by atoms with E-state index in [0.717, 1.165) is 5.56 Å². The van der Waals surface area contributed by atoms with E-state index in [1.165, 1.54) is 10.7 Å². The molecule has 1 aliphatic heterocycles. The minimum atomic E-state index is -1.34. The molecule has 2 aromatic rings. The molecule has 1 aromatic heterocycles. The van der Waals surface area contributed by atoms with E-state index >= 15 is 0 Å². The average Bonchev–Trinajstić information content (AvgIpc) is 3.02. The lowest BCUT2D eigenvalue weighted by Gasteiger charge is -2.28. The van der Waals surface area contributed by atoms with Crippen LogP contribution in [0.5, 0.6) is 5.75 Å². The number of carboxylic acids is 1. The summed E-state index contributed by atoms with van der Waals surface area (Å²) in [4.78, 5) is 23.4. The van der Waals surface area contributed by atoms with Gasteiger partial charge < -0.3 is 25.8 Å². The second-order valence-corrected chi connectivity index (χ2v) is 5.74. The van der Waals surface area contributed by atoms with E-state index in [0.29, 0.717) is 12.1 Å². The maximum atomic E-state index is 12.1. The maximum absolute atomic E-state index is 12.1. The van der Waals surface area contributed by atoms with Crippen LogP contribution in [0.3, 0.4) is 0 Å². The van der Waals surface area contributed by atoms with E-state index in [1.807, 2.05) is 0 Å². The Hall–Kier alpha value is -2.85. The molecule has 10 heteroatoms. The van der Waals surface area contributed by atoms with E-state index in [1.54, 1.807) is 24.5 Å². The van der Waals surface area contributed by atoms with Crippen molar-refractivity contribution in [3.8, 4) is 5.75 Å². The first kappa shape index (κ1) is 17.0. The number of carboxylic acid groups (broad SMARTS) is 1. The minimum Gasteiger partial charge on any atom is -0.534 e. The van der Waals surface area contributed by atoms with Crippen molar-refractivity contribution in [1.29, 1.82) is 0 Å². The van der Waals surface area contributed by atoms with Gasteiger partial charge in [-0.3, -0.25) is 9.48 Å². The molecule has 1 aromatic carbocycles. The normalized spacial score (nSPS) is 16.1. The summed E-state index contributed by atoms with van der Waals surface area (Å²) in [5.74, 6) is -2.04. The van der Waals surface area contributed by atoms with Crippen LogP contribution in [0.15, 0.2) is 30.6 Å². The Balaban J connectivity index is 1.68. The molecule has 3 rings (SSSR count). The van der Waals surface area contributed by atoms with E-state index in [4.69, 9.17) is 10.4 Å². The standard InChI is InChI=1S/C15H17BN4O5/c17-5-9-6-18-20(7-9)8-13(21)19-12-4-10-2-1-3-11(15(22)23)14(10)25-16(12)24/h1-3,6-7,12,24H,4-5,8,17H2,(H,19,21)(H,22,23)/t12-/m0/s1. The first-order chi connectivity index (χ1) is 12.0. The lowest BCUT2D eigenvalue weighted by atomic mass is 9.72. The number of nitrogens with two attached hydrogens (primary N) is 1. The molecule has 2 heterocycles. The maximum Gasteiger partial charge on any atom is 0.547 e. The fraction of sp³-hybridized carbons (Fsp3) is 0.267. The summed E-state index contributed by atoms with van der Waals surface area (Å²) in [5.41, 5.74) is 6.89. The van der Waals surface area contributed by atoms with E-state index in [2.05, 4.69) is 10.4 Å². The van der Waals surface area contributed by atoms with Crippen LogP contribution in [-0.2, 0) is 24.3 Å². The Kier molecular flexibility index (Phi) is 4.73. The zero-order chi connectivity index (χ0) is 18.0. The summed E-state index contributed by atoms with van der Waals surface area (Å²) >= 11 is 0. The number of aromatic nitrogens is 2. The zero-order valence-electron chi connectivity index (χ0n) is 13.3. The van der Waals surface area contributed by atoms with E-state index in [9.17, 15) is 19.7 Å². The van der Waals surface area contributed by atoms with Crippen molar-refractivity contribution in [2.75, 3.05) is 0 Å². The Morgan fingerprint density at radius 2 is 2.28 bits per heavy atom. The van der Waals surface area contributed by atoms with Crippen LogP contribution < -0.4 is 15.7 Å². The largest absolute Gasteiger partial charge is 0.547 e. The number of carbonyl (C=O) groups is 2. The van der Waals surface area contributed by atoms with Gasteiger partial charge in [-0.05, 0) is 18.1 Å². The third-order valence-corrected chi connectivity index (χ3v) is 3.92. The molecule has 25 heavy (non-hydrogen) atoms. The number of hydrogen-bond donors (Lipinski definition) is 4. The lowest BCUT2D eigenvalue weighted by molar-refractivity contribution is -0.122. The van der Waals surface area contributed by atoms with Gasteiger partial charge in [0.05, 0.1) is 17.7 Å². The summed E-state index contributed by atoms with van der Waals surface area (Å²) in [7, 11) is -1.34. The smallest absolute Gasteiger partial charge is 0.534 e. The quantitative estimate of drug-likeness (QED) is 0.520. The van der Waals surface area contributed by atoms with Gasteiger partial charge in [-0.2, -0.15) is 5.10 Å². The fourth-order valence-electron chi connectivity index (χ4n) is 2.71. The Labute approximate surface area is 143 Å². The van der Waals surface area contributed by atoms with Crippen LogP contribution in [-0.4, -0.2) is 44.8 Å². The third-order valence-electron chi connectivity index (χ3n) is 3.92. The molecule has 1 amide bonds. The predicted molar refractivity (Wildman–Crippen MR) is 87.8 cm³/mol. The summed E-state index contributed by atoms with van der Waals surface area (Å²) in [6.45, 7) is 0.310. The van der Waals surface area contributed by atoms with Gasteiger partial charge in [-0.1, -0.05) is 12.1 Å². The first-order valence-corrected chi connectivity index (χ1v) is 7.68. The van der Waals surface area contributed by atoms with Gasteiger partial charge in [0.15, 0.2) is 0 Å². The van der Waals surface area contributed by atoms with Crippen LogP contribution in [0.4, 0.5) is 0 Å². The zero-order valence-corrected chi connectivity index (χ0v) is 13.3. The molecule has 0 unspecified atom stereocenters. The Morgan fingerprint density at radius 3 is 2.96 bits per heavy atom. The SMILES string of the molecule is NCc1cnn(CC(=O)N[C@H]2Cc3cccc(C(=O)O)c3OB2O)c1. The van der Waals surface area contributed by atoms with E-state index in [-0.39, 0.29) is 30.2 Å². The van der Waals surface area contributed by atoms with Crippen LogP contribution in [0.2, 0.25) is 0 Å². The van der Waals surface area contributed by atoms with E-state index < -0.39 is 19.0 Å². The first-order valence-electron chi connectivity index (χ1n) is 7.68. The number of nitrogens with one attached hydrogen (secondary N) is 1. The van der Waals surface area contributed by atoms with Crippen LogP contribution >= 0.6 is 0 Å². The van der Waals surface area contributed by atoms with Crippen molar-refractivity contribution in [2.45, 2.75) is 25.5 Å².